The molecule has 192 valence electrons. The lowest BCUT2D eigenvalue weighted by atomic mass is 9.96. The van der Waals surface area contributed by atoms with Gasteiger partial charge in [-0.25, -0.2) is 0 Å². The molecule has 34 heavy (non-hydrogen) atoms. The Morgan fingerprint density at radius 3 is 2.24 bits per heavy atom. The highest BCUT2D eigenvalue weighted by Gasteiger charge is 2.56. The number of fused-ring (bicyclic) bond motifs is 5. The maximum atomic E-state index is 12.7. The van der Waals surface area contributed by atoms with Crippen LogP contribution in [0, 0.1) is 0 Å². The first-order valence-electron chi connectivity index (χ1n) is 12.8. The normalized spacial score (nSPS) is 27.2. The fraction of sp³-hybridized carbons (Fsp3) is 0.840. The van der Waals surface area contributed by atoms with Gasteiger partial charge in [0.05, 0.1) is 6.61 Å². The largest absolute Gasteiger partial charge is 0.454 e. The quantitative estimate of drug-likeness (QED) is 0.510. The summed E-state index contributed by atoms with van der Waals surface area (Å²) in [4.78, 5) is 17.0. The third-order valence-electron chi connectivity index (χ3n) is 8.82. The monoisotopic (exact) mass is 508 g/mol. The Labute approximate surface area is 206 Å². The number of rotatable bonds is 5. The Bertz CT molecular complexity index is 993. The first-order valence-corrected chi connectivity index (χ1v) is 18.6. The van der Waals surface area contributed by atoms with E-state index in [1.54, 1.807) is 0 Å². The Kier molecular flexibility index (Phi) is 6.55. The van der Waals surface area contributed by atoms with Crippen LogP contribution in [0.4, 0.5) is 0 Å². The zero-order valence-electron chi connectivity index (χ0n) is 22.8. The topological polar surface area (TPSA) is 71.8 Å². The van der Waals surface area contributed by atoms with Crippen molar-refractivity contribution >= 4 is 16.6 Å². The first kappa shape index (κ1) is 26.1. The highest BCUT2D eigenvalue weighted by atomic mass is 28.4. The lowest BCUT2D eigenvalue weighted by Crippen LogP contribution is -2.51. The van der Waals surface area contributed by atoms with Crippen LogP contribution in [-0.4, -0.2) is 51.1 Å². The van der Waals surface area contributed by atoms with Gasteiger partial charge in [0.25, 0.3) is 5.56 Å². The number of hydrogen-bond donors (Lipinski definition) is 0. The molecule has 4 rings (SSSR count). The molecule has 1 saturated heterocycles. The Morgan fingerprint density at radius 1 is 1.00 bits per heavy atom. The number of ether oxygens (including phenoxy) is 2. The summed E-state index contributed by atoms with van der Waals surface area (Å²) in [6.45, 7) is 23.0. The minimum atomic E-state index is -2.12. The van der Waals surface area contributed by atoms with Crippen LogP contribution >= 0.6 is 0 Å². The summed E-state index contributed by atoms with van der Waals surface area (Å²) < 4.78 is 28.7. The summed E-state index contributed by atoms with van der Waals surface area (Å²) in [6.07, 6.45) is 2.56. The third-order valence-corrected chi connectivity index (χ3v) is 17.8. The minimum absolute atomic E-state index is 0.0497. The van der Waals surface area contributed by atoms with Crippen molar-refractivity contribution in [1.82, 2.24) is 9.55 Å². The number of hydrogen-bond acceptors (Lipinski definition) is 6. The molecule has 1 aromatic rings. The highest BCUT2D eigenvalue weighted by molar-refractivity contribution is 6.74. The average molecular weight is 509 g/mol. The van der Waals surface area contributed by atoms with Crippen LogP contribution in [0.5, 0.6) is 6.01 Å². The summed E-state index contributed by atoms with van der Waals surface area (Å²) in [6, 6.07) is 0.383. The molecule has 2 aliphatic heterocycles. The second-order valence-electron chi connectivity index (χ2n) is 13.3. The second kappa shape index (κ2) is 8.54. The summed E-state index contributed by atoms with van der Waals surface area (Å²) in [5.41, 5.74) is 1.71. The molecule has 0 unspecified atom stereocenters. The maximum absolute atomic E-state index is 12.7. The van der Waals surface area contributed by atoms with Crippen molar-refractivity contribution in [1.29, 1.82) is 0 Å². The summed E-state index contributed by atoms with van der Waals surface area (Å²) in [5, 5.41) is 0.163. The fourth-order valence-electron chi connectivity index (χ4n) is 4.52. The van der Waals surface area contributed by atoms with Gasteiger partial charge >= 0.3 is 6.01 Å². The molecule has 0 N–H and O–H groups in total. The molecule has 1 aromatic heterocycles. The first-order chi connectivity index (χ1) is 15.5. The van der Waals surface area contributed by atoms with Gasteiger partial charge in [-0.2, -0.15) is 4.98 Å². The minimum Gasteiger partial charge on any atom is -0.454 e. The van der Waals surface area contributed by atoms with Gasteiger partial charge in [0, 0.05) is 11.3 Å². The van der Waals surface area contributed by atoms with Gasteiger partial charge in [0.15, 0.2) is 29.0 Å². The van der Waals surface area contributed by atoms with Crippen molar-refractivity contribution in [3.8, 4) is 6.01 Å². The van der Waals surface area contributed by atoms with Crippen molar-refractivity contribution in [3.63, 3.8) is 0 Å². The van der Waals surface area contributed by atoms with Gasteiger partial charge in [-0.05, 0) is 61.9 Å². The van der Waals surface area contributed by atoms with E-state index in [1.807, 2.05) is 0 Å². The van der Waals surface area contributed by atoms with Crippen LogP contribution in [0.2, 0.25) is 36.3 Å². The van der Waals surface area contributed by atoms with E-state index in [0.29, 0.717) is 12.6 Å². The average Bonchev–Trinajstić information content (AvgIpc) is 3.21. The van der Waals surface area contributed by atoms with Gasteiger partial charge in [-0.1, -0.05) is 41.5 Å². The molecule has 4 atom stereocenters. The van der Waals surface area contributed by atoms with E-state index in [9.17, 15) is 4.79 Å². The summed E-state index contributed by atoms with van der Waals surface area (Å²) in [5.74, 6) is 0. The van der Waals surface area contributed by atoms with Crippen LogP contribution in [0.25, 0.3) is 0 Å². The van der Waals surface area contributed by atoms with Crippen molar-refractivity contribution < 1.29 is 18.3 Å². The van der Waals surface area contributed by atoms with E-state index >= 15 is 0 Å². The second-order valence-corrected chi connectivity index (χ2v) is 22.8. The molecule has 1 fully saturated rings. The summed E-state index contributed by atoms with van der Waals surface area (Å²) >= 11 is 0. The molecule has 3 heterocycles. The Hall–Kier alpha value is -1.01. The predicted octanol–water partition coefficient (Wildman–Crippen LogP) is 5.19. The maximum Gasteiger partial charge on any atom is 0.302 e. The van der Waals surface area contributed by atoms with Crippen LogP contribution in [0.3, 0.4) is 0 Å². The van der Waals surface area contributed by atoms with Crippen LogP contribution in [-0.2, 0) is 26.4 Å². The molecule has 7 nitrogen and oxygen atoms in total. The van der Waals surface area contributed by atoms with Gasteiger partial charge in [0.2, 0.25) is 0 Å². The molecular weight excluding hydrogens is 464 g/mol. The lowest BCUT2D eigenvalue weighted by molar-refractivity contribution is -0.0394. The van der Waals surface area contributed by atoms with Crippen molar-refractivity contribution in [2.24, 2.45) is 0 Å². The molecular formula is C25H44N2O5Si2. The molecule has 0 aromatic carbocycles. The molecule has 0 radical (unpaired) electrons. The van der Waals surface area contributed by atoms with Crippen LogP contribution < -0.4 is 10.3 Å². The van der Waals surface area contributed by atoms with E-state index in [-0.39, 0.29) is 40.2 Å². The van der Waals surface area contributed by atoms with Gasteiger partial charge in [-0.15, -0.1) is 0 Å². The van der Waals surface area contributed by atoms with Crippen LogP contribution in [0.15, 0.2) is 4.79 Å². The van der Waals surface area contributed by atoms with E-state index in [4.69, 9.17) is 18.3 Å². The fourth-order valence-corrected chi connectivity index (χ4v) is 6.85. The van der Waals surface area contributed by atoms with Crippen molar-refractivity contribution in [2.45, 2.75) is 128 Å². The number of nitrogens with zero attached hydrogens (tertiary/aromatic N) is 2. The third kappa shape index (κ3) is 4.47. The van der Waals surface area contributed by atoms with E-state index in [1.165, 1.54) is 0 Å². The standard InChI is InChI=1S/C25H44N2O5Si2/c1-24(2,3)33(7,8)29-15-18-19(32-34(9,10)25(4,5)6)20-22(30-18)27-17-14-12-11-13-16(17)21(28)26-23(27)31-20/h18-20,22H,11-15H2,1-10H3/t18-,19-,20+,22-/m1/s1. The smallest absolute Gasteiger partial charge is 0.302 e. The molecule has 1 aliphatic carbocycles. The van der Waals surface area contributed by atoms with E-state index in [0.717, 1.165) is 36.9 Å². The summed E-state index contributed by atoms with van der Waals surface area (Å²) in [7, 11) is -4.08. The number of aromatic nitrogens is 2. The Morgan fingerprint density at radius 2 is 1.62 bits per heavy atom. The van der Waals surface area contributed by atoms with Gasteiger partial charge in [-0.3, -0.25) is 9.36 Å². The van der Waals surface area contributed by atoms with Crippen molar-refractivity contribution in [3.05, 3.63) is 21.6 Å². The molecule has 0 bridgehead atoms. The van der Waals surface area contributed by atoms with Crippen LogP contribution in [0.1, 0.15) is 71.9 Å². The molecule has 0 saturated carbocycles. The zero-order chi connectivity index (χ0) is 25.3. The van der Waals surface area contributed by atoms with E-state index < -0.39 is 16.6 Å². The molecule has 0 amide bonds. The predicted molar refractivity (Wildman–Crippen MR) is 139 cm³/mol. The van der Waals surface area contributed by atoms with Gasteiger partial charge in [0.1, 0.15) is 12.2 Å². The van der Waals surface area contributed by atoms with Crippen molar-refractivity contribution in [2.75, 3.05) is 6.61 Å². The zero-order valence-corrected chi connectivity index (χ0v) is 24.8. The van der Waals surface area contributed by atoms with E-state index in [2.05, 4.69) is 77.3 Å². The highest BCUT2D eigenvalue weighted by Crippen LogP contribution is 2.47. The SMILES string of the molecule is CC(C)(C)[Si](C)(C)OC[C@H]1O[C@@H]2[C@@H](Oc3nc(=O)c4c(n32)CCCC4)[C@@H]1O[Si](C)(C)C(C)(C)C. The lowest BCUT2D eigenvalue weighted by Gasteiger charge is -2.41. The molecule has 3 aliphatic rings. The molecule has 0 spiro atoms. The molecule has 9 heteroatoms. The Balaban J connectivity index is 1.68. The van der Waals surface area contributed by atoms with Gasteiger partial charge < -0.3 is 18.3 Å².